The van der Waals surface area contributed by atoms with Crippen LogP contribution in [0.15, 0.2) is 29.4 Å². The van der Waals surface area contributed by atoms with Crippen LogP contribution in [0.4, 0.5) is 8.78 Å². The molecule has 0 aliphatic rings. The van der Waals surface area contributed by atoms with E-state index in [-0.39, 0.29) is 11.5 Å². The molecule has 1 heterocycles. The van der Waals surface area contributed by atoms with E-state index in [1.165, 1.54) is 7.11 Å². The number of methoxy groups -OCH3 is 1. The molecule has 0 aliphatic heterocycles. The summed E-state index contributed by atoms with van der Waals surface area (Å²) in [6.07, 6.45) is 2.45. The minimum atomic E-state index is -2.89. The summed E-state index contributed by atoms with van der Waals surface area (Å²) >= 11 is 1.62. The van der Waals surface area contributed by atoms with Gasteiger partial charge in [-0.15, -0.1) is 11.3 Å². The van der Waals surface area contributed by atoms with Crippen molar-refractivity contribution in [3.05, 3.63) is 39.8 Å². The number of ether oxygens (including phenoxy) is 2. The second-order valence-electron chi connectivity index (χ2n) is 5.60. The zero-order chi connectivity index (χ0) is 19.6. The minimum Gasteiger partial charge on any atom is -0.493 e. The number of halogens is 2. The molecule has 2 N–H and O–H groups in total. The van der Waals surface area contributed by atoms with Crippen LogP contribution in [0.25, 0.3) is 0 Å². The largest absolute Gasteiger partial charge is 0.493 e. The van der Waals surface area contributed by atoms with E-state index in [9.17, 15) is 8.78 Å². The number of alkyl halides is 2. The number of aromatic nitrogens is 1. The smallest absolute Gasteiger partial charge is 0.387 e. The second-order valence-corrected chi connectivity index (χ2v) is 6.92. The molecule has 1 aromatic heterocycles. The molecule has 0 radical (unpaired) electrons. The Morgan fingerprint density at radius 1 is 1.30 bits per heavy atom. The quantitative estimate of drug-likeness (QED) is 0.501. The van der Waals surface area contributed by atoms with Crippen molar-refractivity contribution in [3.63, 3.8) is 0 Å². The van der Waals surface area contributed by atoms with Crippen molar-refractivity contribution in [2.45, 2.75) is 33.4 Å². The Bertz CT molecular complexity index is 753. The summed E-state index contributed by atoms with van der Waals surface area (Å²) in [6.45, 7) is 2.93. The normalized spacial score (nSPS) is 11.6. The van der Waals surface area contributed by atoms with Gasteiger partial charge in [0.15, 0.2) is 17.5 Å². The molecule has 0 spiro atoms. The first-order valence-electron chi connectivity index (χ1n) is 8.57. The van der Waals surface area contributed by atoms with Crippen molar-refractivity contribution in [1.82, 2.24) is 15.6 Å². The zero-order valence-corrected chi connectivity index (χ0v) is 16.4. The van der Waals surface area contributed by atoms with Gasteiger partial charge >= 0.3 is 6.61 Å². The summed E-state index contributed by atoms with van der Waals surface area (Å²) in [5.74, 6) is 0.994. The van der Waals surface area contributed by atoms with E-state index in [0.717, 1.165) is 22.0 Å². The summed E-state index contributed by atoms with van der Waals surface area (Å²) in [5, 5.41) is 7.36. The second kappa shape index (κ2) is 10.7. The fourth-order valence-corrected chi connectivity index (χ4v) is 3.06. The van der Waals surface area contributed by atoms with Crippen LogP contribution in [0.5, 0.6) is 11.5 Å². The molecule has 1 aromatic carbocycles. The van der Waals surface area contributed by atoms with Crippen molar-refractivity contribution in [3.8, 4) is 11.5 Å². The van der Waals surface area contributed by atoms with E-state index in [1.807, 2.05) is 26.1 Å². The molecular weight excluding hydrogens is 374 g/mol. The Labute approximate surface area is 161 Å². The molecule has 2 aromatic rings. The van der Waals surface area contributed by atoms with Crippen LogP contribution in [0, 0.1) is 6.92 Å². The maximum Gasteiger partial charge on any atom is 0.387 e. The molecule has 6 nitrogen and oxygen atoms in total. The van der Waals surface area contributed by atoms with Gasteiger partial charge in [0.2, 0.25) is 0 Å². The van der Waals surface area contributed by atoms with Crippen LogP contribution in [-0.2, 0) is 13.0 Å². The molecule has 0 saturated heterocycles. The van der Waals surface area contributed by atoms with Gasteiger partial charge in [-0.2, -0.15) is 8.78 Å². The third-order valence-corrected chi connectivity index (χ3v) is 4.43. The standard InChI is InChI=1S/C18H24F2N4O2S/c1-4-21-18(24-11-16-23-10-12(2)27-16)22-8-7-13-5-6-14(25-3)15(9-13)26-17(19)20/h5-6,9-10,17H,4,7-8,11H2,1-3H3,(H2,21,22,24). The molecule has 9 heteroatoms. The van der Waals surface area contributed by atoms with Crippen LogP contribution in [0.3, 0.4) is 0 Å². The Hall–Kier alpha value is -2.42. The first kappa shape index (κ1) is 20.9. The maximum absolute atomic E-state index is 12.5. The van der Waals surface area contributed by atoms with Crippen molar-refractivity contribution in [2.24, 2.45) is 4.99 Å². The minimum absolute atomic E-state index is 0.0321. The molecule has 0 atom stereocenters. The summed E-state index contributed by atoms with van der Waals surface area (Å²) in [6, 6.07) is 5.01. The number of aliphatic imine (C=N–C) groups is 1. The van der Waals surface area contributed by atoms with Crippen molar-refractivity contribution >= 4 is 17.3 Å². The van der Waals surface area contributed by atoms with E-state index in [0.29, 0.717) is 25.5 Å². The molecule has 27 heavy (non-hydrogen) atoms. The lowest BCUT2D eigenvalue weighted by Crippen LogP contribution is -2.38. The number of rotatable bonds is 9. The van der Waals surface area contributed by atoms with Gasteiger partial charge in [0.05, 0.1) is 13.7 Å². The van der Waals surface area contributed by atoms with Gasteiger partial charge in [0.25, 0.3) is 0 Å². The summed E-state index contributed by atoms with van der Waals surface area (Å²) in [5.41, 5.74) is 0.852. The number of aryl methyl sites for hydroxylation is 1. The molecular formula is C18H24F2N4O2S. The van der Waals surface area contributed by atoms with E-state index in [2.05, 4.69) is 25.3 Å². The Balaban J connectivity index is 1.93. The van der Waals surface area contributed by atoms with Crippen molar-refractivity contribution in [2.75, 3.05) is 20.2 Å². The number of nitrogens with zero attached hydrogens (tertiary/aromatic N) is 2. The van der Waals surface area contributed by atoms with Gasteiger partial charge in [0, 0.05) is 24.2 Å². The molecule has 148 valence electrons. The van der Waals surface area contributed by atoms with E-state index < -0.39 is 6.61 Å². The first-order valence-corrected chi connectivity index (χ1v) is 9.38. The monoisotopic (exact) mass is 398 g/mol. The van der Waals surface area contributed by atoms with Gasteiger partial charge in [-0.25, -0.2) is 9.98 Å². The lowest BCUT2D eigenvalue weighted by Gasteiger charge is -2.13. The third-order valence-electron chi connectivity index (χ3n) is 3.54. The van der Waals surface area contributed by atoms with E-state index in [1.54, 1.807) is 23.5 Å². The molecule has 0 amide bonds. The highest BCUT2D eigenvalue weighted by atomic mass is 32.1. The fraction of sp³-hybridized carbons (Fsp3) is 0.444. The molecule has 0 fully saturated rings. The average molecular weight is 398 g/mol. The highest BCUT2D eigenvalue weighted by Crippen LogP contribution is 2.29. The summed E-state index contributed by atoms with van der Waals surface area (Å²) in [7, 11) is 1.41. The van der Waals surface area contributed by atoms with E-state index >= 15 is 0 Å². The first-order chi connectivity index (χ1) is 13.0. The number of nitrogens with one attached hydrogen (secondary N) is 2. The van der Waals surface area contributed by atoms with Crippen LogP contribution >= 0.6 is 11.3 Å². The van der Waals surface area contributed by atoms with Gasteiger partial charge < -0.3 is 20.1 Å². The molecule has 0 saturated carbocycles. The number of guanidine groups is 1. The SMILES string of the molecule is CCNC(=NCc1ncc(C)s1)NCCc1ccc(OC)c(OC(F)F)c1. The van der Waals surface area contributed by atoms with Crippen LogP contribution in [-0.4, -0.2) is 37.8 Å². The van der Waals surface area contributed by atoms with Crippen molar-refractivity contribution in [1.29, 1.82) is 0 Å². The zero-order valence-electron chi connectivity index (χ0n) is 15.6. The highest BCUT2D eigenvalue weighted by Gasteiger charge is 2.11. The molecule has 0 bridgehead atoms. The lowest BCUT2D eigenvalue weighted by atomic mass is 10.1. The highest BCUT2D eigenvalue weighted by molar-refractivity contribution is 7.11. The Kier molecular flexibility index (Phi) is 8.25. The van der Waals surface area contributed by atoms with Crippen LogP contribution in [0.1, 0.15) is 22.4 Å². The number of thiazole rings is 1. The van der Waals surface area contributed by atoms with Gasteiger partial charge in [-0.3, -0.25) is 0 Å². The van der Waals surface area contributed by atoms with E-state index in [4.69, 9.17) is 4.74 Å². The van der Waals surface area contributed by atoms with Crippen molar-refractivity contribution < 1.29 is 18.3 Å². The Morgan fingerprint density at radius 3 is 2.74 bits per heavy atom. The fourth-order valence-electron chi connectivity index (χ4n) is 2.35. The van der Waals surface area contributed by atoms with Gasteiger partial charge in [-0.1, -0.05) is 6.07 Å². The lowest BCUT2D eigenvalue weighted by molar-refractivity contribution is -0.0512. The Morgan fingerprint density at radius 2 is 2.11 bits per heavy atom. The third kappa shape index (κ3) is 7.01. The number of hydrogen-bond donors (Lipinski definition) is 2. The number of hydrogen-bond acceptors (Lipinski definition) is 5. The van der Waals surface area contributed by atoms with Crippen LogP contribution in [0.2, 0.25) is 0 Å². The van der Waals surface area contributed by atoms with Gasteiger partial charge in [-0.05, 0) is 38.0 Å². The molecule has 0 aliphatic carbocycles. The predicted octanol–water partition coefficient (Wildman–Crippen LogP) is 3.36. The van der Waals surface area contributed by atoms with Gasteiger partial charge in [0.1, 0.15) is 5.01 Å². The van der Waals surface area contributed by atoms with Crippen LogP contribution < -0.4 is 20.1 Å². The average Bonchev–Trinajstić information content (AvgIpc) is 3.05. The predicted molar refractivity (Wildman–Crippen MR) is 103 cm³/mol. The summed E-state index contributed by atoms with van der Waals surface area (Å²) in [4.78, 5) is 9.96. The molecule has 0 unspecified atom stereocenters. The maximum atomic E-state index is 12.5. The topological polar surface area (TPSA) is 67.8 Å². The summed E-state index contributed by atoms with van der Waals surface area (Å²) < 4.78 is 34.6. The number of benzene rings is 1. The molecule has 2 rings (SSSR count).